The van der Waals surface area contributed by atoms with E-state index in [0.717, 1.165) is 24.2 Å². The van der Waals surface area contributed by atoms with Gasteiger partial charge in [-0.25, -0.2) is 0 Å². The number of carbonyl (C=O) groups excluding carboxylic acids is 2. The molecule has 24 heavy (non-hydrogen) atoms. The van der Waals surface area contributed by atoms with E-state index >= 15 is 0 Å². The largest absolute Gasteiger partial charge is 0.496 e. The molecule has 1 aliphatic heterocycles. The Balaban J connectivity index is 1.57. The van der Waals surface area contributed by atoms with Crippen molar-refractivity contribution < 1.29 is 14.3 Å². The lowest BCUT2D eigenvalue weighted by Crippen LogP contribution is -2.40. The molecule has 3 rings (SSSR count). The average molecular weight is 330 g/mol. The Kier molecular flexibility index (Phi) is 5.38. The van der Waals surface area contributed by atoms with Crippen molar-refractivity contribution in [3.63, 3.8) is 0 Å². The summed E-state index contributed by atoms with van der Waals surface area (Å²) < 4.78 is 5.35. The van der Waals surface area contributed by atoms with Gasteiger partial charge in [-0.1, -0.05) is 37.5 Å². The van der Waals surface area contributed by atoms with Gasteiger partial charge in [-0.3, -0.25) is 9.59 Å². The summed E-state index contributed by atoms with van der Waals surface area (Å²) in [4.78, 5) is 26.5. The molecule has 1 saturated heterocycles. The zero-order valence-electron chi connectivity index (χ0n) is 14.3. The first-order valence-corrected chi connectivity index (χ1v) is 8.87. The molecule has 0 unspecified atom stereocenters. The molecule has 1 heterocycles. The van der Waals surface area contributed by atoms with Crippen molar-refractivity contribution in [3.05, 3.63) is 29.8 Å². The van der Waals surface area contributed by atoms with Gasteiger partial charge in [0.25, 0.3) is 0 Å². The number of nitrogens with one attached hydrogen (secondary N) is 1. The number of rotatable bonds is 5. The van der Waals surface area contributed by atoms with Crippen LogP contribution in [0.25, 0.3) is 0 Å². The minimum absolute atomic E-state index is 0.0396. The summed E-state index contributed by atoms with van der Waals surface area (Å²) in [5.74, 6) is 0.636. The topological polar surface area (TPSA) is 58.6 Å². The Labute approximate surface area is 143 Å². The second-order valence-corrected chi connectivity index (χ2v) is 6.83. The number of methoxy groups -OCH3 is 1. The summed E-state index contributed by atoms with van der Waals surface area (Å²) in [7, 11) is 1.63. The molecular weight excluding hydrogens is 304 g/mol. The molecule has 1 saturated carbocycles. The van der Waals surface area contributed by atoms with Crippen LogP contribution in [0.5, 0.6) is 5.75 Å². The van der Waals surface area contributed by atoms with E-state index in [-0.39, 0.29) is 17.7 Å². The van der Waals surface area contributed by atoms with Crippen LogP contribution >= 0.6 is 0 Å². The zero-order chi connectivity index (χ0) is 16.9. The lowest BCUT2D eigenvalue weighted by Gasteiger charge is -2.24. The lowest BCUT2D eigenvalue weighted by atomic mass is 9.95. The first kappa shape index (κ1) is 16.8. The summed E-state index contributed by atoms with van der Waals surface area (Å²) in [5.41, 5.74) is 0.974. The van der Waals surface area contributed by atoms with Crippen molar-refractivity contribution in [2.24, 2.45) is 5.92 Å². The molecular formula is C19H26N2O3. The maximum Gasteiger partial charge on any atom is 0.225 e. The number of likely N-dealkylation sites (tertiary alicyclic amines) is 1. The van der Waals surface area contributed by atoms with Gasteiger partial charge in [-0.05, 0) is 18.9 Å². The molecule has 1 atom stereocenters. The van der Waals surface area contributed by atoms with Crippen LogP contribution in [-0.4, -0.2) is 36.4 Å². The lowest BCUT2D eigenvalue weighted by molar-refractivity contribution is -0.129. The van der Waals surface area contributed by atoms with Crippen molar-refractivity contribution in [1.29, 1.82) is 0 Å². The predicted octanol–water partition coefficient (Wildman–Crippen LogP) is 2.49. The number of ether oxygens (including phenoxy) is 1. The molecule has 130 valence electrons. The molecule has 1 aromatic carbocycles. The van der Waals surface area contributed by atoms with Crippen LogP contribution < -0.4 is 10.1 Å². The second kappa shape index (κ2) is 7.69. The van der Waals surface area contributed by atoms with E-state index in [1.165, 1.54) is 19.3 Å². The zero-order valence-corrected chi connectivity index (χ0v) is 14.3. The molecule has 0 bridgehead atoms. The number of hydrogen-bond donors (Lipinski definition) is 1. The number of benzene rings is 1. The Morgan fingerprint density at radius 3 is 2.75 bits per heavy atom. The molecule has 5 heteroatoms. The van der Waals surface area contributed by atoms with Crippen molar-refractivity contribution >= 4 is 11.8 Å². The monoisotopic (exact) mass is 330 g/mol. The maximum absolute atomic E-state index is 12.5. The van der Waals surface area contributed by atoms with Gasteiger partial charge in [-0.2, -0.15) is 0 Å². The Bertz CT molecular complexity index is 596. The van der Waals surface area contributed by atoms with Gasteiger partial charge >= 0.3 is 0 Å². The number of carbonyl (C=O) groups is 2. The SMILES string of the molecule is COc1ccccc1CN1C[C@H](C(=O)NC2CCCCC2)CC1=O. The van der Waals surface area contributed by atoms with Crippen molar-refractivity contribution in [3.8, 4) is 5.75 Å². The van der Waals surface area contributed by atoms with E-state index in [1.807, 2.05) is 24.3 Å². The van der Waals surface area contributed by atoms with Crippen LogP contribution in [0.2, 0.25) is 0 Å². The van der Waals surface area contributed by atoms with E-state index in [4.69, 9.17) is 4.74 Å². The van der Waals surface area contributed by atoms with Gasteiger partial charge in [0, 0.05) is 31.1 Å². The van der Waals surface area contributed by atoms with Crippen LogP contribution in [-0.2, 0) is 16.1 Å². The average Bonchev–Trinajstić information content (AvgIpc) is 2.97. The summed E-state index contributed by atoms with van der Waals surface area (Å²) in [5, 5.41) is 3.15. The first-order valence-electron chi connectivity index (χ1n) is 8.87. The fourth-order valence-electron chi connectivity index (χ4n) is 3.71. The van der Waals surface area contributed by atoms with Gasteiger partial charge in [0.1, 0.15) is 5.75 Å². The van der Waals surface area contributed by atoms with Crippen LogP contribution in [0.4, 0.5) is 0 Å². The molecule has 2 amide bonds. The standard InChI is InChI=1S/C19H26N2O3/c1-24-17-10-6-5-7-14(17)12-21-13-15(11-18(21)22)19(23)20-16-8-3-2-4-9-16/h5-7,10,15-16H,2-4,8-9,11-13H2,1H3,(H,20,23)/t15-/m1/s1. The van der Waals surface area contributed by atoms with Crippen LogP contribution in [0.1, 0.15) is 44.1 Å². The van der Waals surface area contributed by atoms with E-state index in [1.54, 1.807) is 12.0 Å². The molecule has 1 N–H and O–H groups in total. The van der Waals surface area contributed by atoms with E-state index in [9.17, 15) is 9.59 Å². The molecule has 1 aromatic rings. The third-order valence-electron chi connectivity index (χ3n) is 5.09. The first-order chi connectivity index (χ1) is 11.7. The highest BCUT2D eigenvalue weighted by atomic mass is 16.5. The molecule has 2 aliphatic rings. The summed E-state index contributed by atoms with van der Waals surface area (Å²) >= 11 is 0. The fraction of sp³-hybridized carbons (Fsp3) is 0.579. The van der Waals surface area contributed by atoms with E-state index < -0.39 is 0 Å². The smallest absolute Gasteiger partial charge is 0.225 e. The van der Waals surface area contributed by atoms with E-state index in [2.05, 4.69) is 5.32 Å². The van der Waals surface area contributed by atoms with Gasteiger partial charge in [0.2, 0.25) is 11.8 Å². The number of para-hydroxylation sites is 1. The van der Waals surface area contributed by atoms with Crippen molar-refractivity contribution in [2.75, 3.05) is 13.7 Å². The minimum Gasteiger partial charge on any atom is -0.496 e. The molecule has 5 nitrogen and oxygen atoms in total. The highest BCUT2D eigenvalue weighted by Crippen LogP contribution is 2.25. The predicted molar refractivity (Wildman–Crippen MR) is 91.5 cm³/mol. The second-order valence-electron chi connectivity index (χ2n) is 6.83. The molecule has 0 radical (unpaired) electrons. The minimum atomic E-state index is -0.228. The number of hydrogen-bond acceptors (Lipinski definition) is 3. The molecule has 1 aliphatic carbocycles. The number of amides is 2. The Hall–Kier alpha value is -2.04. The summed E-state index contributed by atoms with van der Waals surface area (Å²) in [6.45, 7) is 0.992. The molecule has 0 aromatic heterocycles. The van der Waals surface area contributed by atoms with Gasteiger partial charge in [-0.15, -0.1) is 0 Å². The Morgan fingerprint density at radius 1 is 1.25 bits per heavy atom. The van der Waals surface area contributed by atoms with Gasteiger partial charge in [0.05, 0.1) is 13.0 Å². The number of nitrogens with zero attached hydrogens (tertiary/aromatic N) is 1. The van der Waals surface area contributed by atoms with Crippen molar-refractivity contribution in [2.45, 2.75) is 51.1 Å². The molecule has 0 spiro atoms. The van der Waals surface area contributed by atoms with Crippen LogP contribution in [0.15, 0.2) is 24.3 Å². The molecule has 2 fully saturated rings. The fourth-order valence-corrected chi connectivity index (χ4v) is 3.71. The van der Waals surface area contributed by atoms with Gasteiger partial charge in [0.15, 0.2) is 0 Å². The third-order valence-corrected chi connectivity index (χ3v) is 5.09. The van der Waals surface area contributed by atoms with Gasteiger partial charge < -0.3 is 15.0 Å². The third kappa shape index (κ3) is 3.89. The summed E-state index contributed by atoms with van der Waals surface area (Å²) in [6.07, 6.45) is 6.09. The van der Waals surface area contributed by atoms with Crippen molar-refractivity contribution in [1.82, 2.24) is 10.2 Å². The highest BCUT2D eigenvalue weighted by molar-refractivity contribution is 5.89. The normalized spacial score (nSPS) is 21.8. The highest BCUT2D eigenvalue weighted by Gasteiger charge is 2.35. The Morgan fingerprint density at radius 2 is 2.00 bits per heavy atom. The summed E-state index contributed by atoms with van der Waals surface area (Å²) in [6, 6.07) is 8.00. The quantitative estimate of drug-likeness (QED) is 0.902. The van der Waals surface area contributed by atoms with Crippen LogP contribution in [0, 0.1) is 5.92 Å². The van der Waals surface area contributed by atoms with E-state index in [0.29, 0.717) is 25.6 Å². The van der Waals surface area contributed by atoms with Crippen LogP contribution in [0.3, 0.4) is 0 Å². The maximum atomic E-state index is 12.5.